The van der Waals surface area contributed by atoms with Gasteiger partial charge in [0.15, 0.2) is 5.57 Å². The smallest absolute Gasteiger partial charge is 0.347 e. The minimum Gasteiger partial charge on any atom is -0.465 e. The van der Waals surface area contributed by atoms with Crippen molar-refractivity contribution in [2.24, 2.45) is 0 Å². The molecule has 0 fully saturated rings. The molecule has 0 saturated heterocycles. The average Bonchev–Trinajstić information content (AvgIpc) is 2.34. The first-order valence-electron chi connectivity index (χ1n) is 5.02. The van der Waals surface area contributed by atoms with Gasteiger partial charge in [0.25, 0.3) is 0 Å². The van der Waals surface area contributed by atoms with Crippen LogP contribution in [-0.4, -0.2) is 38.1 Å². The third-order valence-corrected chi connectivity index (χ3v) is 2.52. The molecule has 0 unspecified atom stereocenters. The number of carbonyl (C=O) groups is 2. The molecule has 0 aliphatic carbocycles. The Labute approximate surface area is 100.0 Å². The van der Waals surface area contributed by atoms with Gasteiger partial charge in [-0.05, 0) is 19.1 Å². The second-order valence-electron chi connectivity index (χ2n) is 3.47. The zero-order valence-electron chi connectivity index (χ0n) is 10.3. The number of allylic oxidation sites excluding steroid dienone is 4. The lowest BCUT2D eigenvalue weighted by Gasteiger charge is -2.25. The van der Waals surface area contributed by atoms with Gasteiger partial charge >= 0.3 is 11.9 Å². The van der Waals surface area contributed by atoms with Crippen molar-refractivity contribution in [3.8, 4) is 0 Å². The van der Waals surface area contributed by atoms with Gasteiger partial charge in [0.2, 0.25) is 0 Å². The molecule has 0 aromatic carbocycles. The zero-order chi connectivity index (χ0) is 13.0. The highest BCUT2D eigenvalue weighted by molar-refractivity contribution is 6.15. The second-order valence-corrected chi connectivity index (χ2v) is 3.47. The Morgan fingerprint density at radius 3 is 2.18 bits per heavy atom. The fourth-order valence-electron chi connectivity index (χ4n) is 1.44. The van der Waals surface area contributed by atoms with Crippen LogP contribution < -0.4 is 0 Å². The normalized spacial score (nSPS) is 14.2. The highest BCUT2D eigenvalue weighted by atomic mass is 16.5. The Bertz CT molecular complexity index is 414. The molecule has 0 N–H and O–H groups in total. The van der Waals surface area contributed by atoms with Crippen LogP contribution in [0.15, 0.2) is 35.2 Å². The molecule has 92 valence electrons. The number of rotatable bonds is 2. The fraction of sp³-hybridized carbons (Fsp3) is 0.333. The van der Waals surface area contributed by atoms with Gasteiger partial charge in [-0.2, -0.15) is 0 Å². The Kier molecular flexibility index (Phi) is 4.09. The topological polar surface area (TPSA) is 55.8 Å². The number of hydrogen-bond acceptors (Lipinski definition) is 5. The second kappa shape index (κ2) is 5.34. The Balaban J connectivity index is 3.29. The molecule has 1 aliphatic rings. The Morgan fingerprint density at radius 1 is 1.18 bits per heavy atom. The van der Waals surface area contributed by atoms with E-state index in [-0.39, 0.29) is 5.57 Å². The molecule has 0 aromatic rings. The van der Waals surface area contributed by atoms with Gasteiger partial charge < -0.3 is 14.4 Å². The predicted octanol–water partition coefficient (Wildman–Crippen LogP) is 0.992. The van der Waals surface area contributed by atoms with E-state index in [4.69, 9.17) is 0 Å². The average molecular weight is 237 g/mol. The largest absolute Gasteiger partial charge is 0.465 e. The molecule has 0 aromatic heterocycles. The minimum atomic E-state index is -0.710. The summed E-state index contributed by atoms with van der Waals surface area (Å²) in [5.41, 5.74) is 1.26. The third kappa shape index (κ3) is 2.55. The van der Waals surface area contributed by atoms with E-state index in [1.807, 2.05) is 13.0 Å². The van der Waals surface area contributed by atoms with Crippen molar-refractivity contribution in [1.82, 2.24) is 4.90 Å². The van der Waals surface area contributed by atoms with Gasteiger partial charge in [-0.25, -0.2) is 9.59 Å². The van der Waals surface area contributed by atoms with Crippen LogP contribution in [0.5, 0.6) is 0 Å². The van der Waals surface area contributed by atoms with Crippen LogP contribution in [0.1, 0.15) is 6.92 Å². The van der Waals surface area contributed by atoms with Crippen molar-refractivity contribution >= 4 is 11.9 Å². The quantitative estimate of drug-likeness (QED) is 0.310. The van der Waals surface area contributed by atoms with Crippen LogP contribution in [0.3, 0.4) is 0 Å². The molecule has 5 heteroatoms. The van der Waals surface area contributed by atoms with E-state index in [0.29, 0.717) is 5.70 Å². The van der Waals surface area contributed by atoms with Crippen molar-refractivity contribution in [3.63, 3.8) is 0 Å². The van der Waals surface area contributed by atoms with Crippen LogP contribution in [0, 0.1) is 0 Å². The molecule has 0 spiro atoms. The molecule has 0 bridgehead atoms. The first-order chi connectivity index (χ1) is 8.02. The summed E-state index contributed by atoms with van der Waals surface area (Å²) in [6, 6.07) is 0. The molecule has 0 atom stereocenters. The number of esters is 2. The fourth-order valence-corrected chi connectivity index (χ4v) is 1.44. The molecule has 17 heavy (non-hydrogen) atoms. The molecule has 0 radical (unpaired) electrons. The van der Waals surface area contributed by atoms with Crippen molar-refractivity contribution in [2.45, 2.75) is 6.92 Å². The number of ether oxygens (including phenoxy) is 2. The van der Waals surface area contributed by atoms with E-state index in [1.165, 1.54) is 14.2 Å². The molecule has 0 saturated carbocycles. The van der Waals surface area contributed by atoms with E-state index in [0.717, 1.165) is 5.70 Å². The van der Waals surface area contributed by atoms with Gasteiger partial charge in [0.05, 0.1) is 19.9 Å². The molecule has 0 amide bonds. The number of hydrogen-bond donors (Lipinski definition) is 0. The summed E-state index contributed by atoms with van der Waals surface area (Å²) in [5.74, 6) is -1.42. The minimum absolute atomic E-state index is 0.110. The lowest BCUT2D eigenvalue weighted by molar-refractivity contribution is -0.144. The summed E-state index contributed by atoms with van der Waals surface area (Å²) < 4.78 is 9.19. The Hall–Kier alpha value is -2.04. The van der Waals surface area contributed by atoms with Gasteiger partial charge in [-0.1, -0.05) is 6.08 Å². The maximum atomic E-state index is 11.6. The van der Waals surface area contributed by atoms with Crippen LogP contribution in [0.4, 0.5) is 0 Å². The van der Waals surface area contributed by atoms with E-state index >= 15 is 0 Å². The maximum absolute atomic E-state index is 11.6. The van der Waals surface area contributed by atoms with Crippen molar-refractivity contribution in [1.29, 1.82) is 0 Å². The molecular weight excluding hydrogens is 222 g/mol. The standard InChI is InChI=1S/C12H15NO4/c1-8-6-5-7-9(13(8)2)10(11(14)16-3)12(15)17-4/h5-7H,1-4H3. The van der Waals surface area contributed by atoms with E-state index in [9.17, 15) is 9.59 Å². The summed E-state index contributed by atoms with van der Waals surface area (Å²) in [4.78, 5) is 24.9. The van der Waals surface area contributed by atoms with Crippen molar-refractivity contribution in [2.75, 3.05) is 21.3 Å². The molecule has 1 heterocycles. The number of methoxy groups -OCH3 is 2. The Morgan fingerprint density at radius 2 is 1.71 bits per heavy atom. The van der Waals surface area contributed by atoms with E-state index in [1.54, 1.807) is 24.1 Å². The van der Waals surface area contributed by atoms with Gasteiger partial charge in [-0.15, -0.1) is 0 Å². The van der Waals surface area contributed by atoms with Crippen LogP contribution in [0.2, 0.25) is 0 Å². The first-order valence-corrected chi connectivity index (χ1v) is 5.02. The van der Waals surface area contributed by atoms with Gasteiger partial charge in [-0.3, -0.25) is 0 Å². The molecule has 5 nitrogen and oxygen atoms in total. The first kappa shape index (κ1) is 13.0. The summed E-state index contributed by atoms with van der Waals surface area (Å²) in [6.45, 7) is 1.87. The van der Waals surface area contributed by atoms with Crippen molar-refractivity contribution < 1.29 is 19.1 Å². The van der Waals surface area contributed by atoms with E-state index < -0.39 is 11.9 Å². The monoisotopic (exact) mass is 237 g/mol. The lowest BCUT2D eigenvalue weighted by Crippen LogP contribution is -2.25. The van der Waals surface area contributed by atoms with Crippen LogP contribution in [-0.2, 0) is 19.1 Å². The van der Waals surface area contributed by atoms with Gasteiger partial charge in [0.1, 0.15) is 0 Å². The molecular formula is C12H15NO4. The molecule has 1 aliphatic heterocycles. The number of nitrogens with zero attached hydrogens (tertiary/aromatic N) is 1. The van der Waals surface area contributed by atoms with E-state index in [2.05, 4.69) is 9.47 Å². The SMILES string of the molecule is COC(=O)C(C(=O)OC)=C1C=CC=C(C)N1C. The highest BCUT2D eigenvalue weighted by Gasteiger charge is 2.26. The maximum Gasteiger partial charge on any atom is 0.347 e. The van der Waals surface area contributed by atoms with Gasteiger partial charge in [0, 0.05) is 12.7 Å². The van der Waals surface area contributed by atoms with Crippen molar-refractivity contribution in [3.05, 3.63) is 35.2 Å². The summed E-state index contributed by atoms with van der Waals surface area (Å²) in [6.07, 6.45) is 5.29. The van der Waals surface area contributed by atoms with Crippen LogP contribution >= 0.6 is 0 Å². The highest BCUT2D eigenvalue weighted by Crippen LogP contribution is 2.21. The summed E-state index contributed by atoms with van der Waals surface area (Å²) in [7, 11) is 4.21. The zero-order valence-corrected chi connectivity index (χ0v) is 10.3. The number of likely N-dealkylation sites (N-methyl/N-ethyl adjacent to an activating group) is 1. The summed E-state index contributed by atoms with van der Waals surface area (Å²) >= 11 is 0. The lowest BCUT2D eigenvalue weighted by atomic mass is 10.1. The predicted molar refractivity (Wildman–Crippen MR) is 61.7 cm³/mol. The molecule has 1 rings (SSSR count). The third-order valence-electron chi connectivity index (χ3n) is 2.52. The van der Waals surface area contributed by atoms with Crippen LogP contribution in [0.25, 0.3) is 0 Å². The number of carbonyl (C=O) groups excluding carboxylic acids is 2. The summed E-state index contributed by atoms with van der Waals surface area (Å²) in [5, 5.41) is 0.